The van der Waals surface area contributed by atoms with Crippen molar-refractivity contribution in [2.75, 3.05) is 6.54 Å². The van der Waals surface area contributed by atoms with Gasteiger partial charge in [-0.15, -0.1) is 0 Å². The Bertz CT molecular complexity index is 636. The van der Waals surface area contributed by atoms with Crippen LogP contribution in [0.2, 0.25) is 5.02 Å². The van der Waals surface area contributed by atoms with Crippen molar-refractivity contribution in [3.05, 3.63) is 29.1 Å². The first kappa shape index (κ1) is 15.3. The number of benzene rings is 1. The number of nitrogens with zero attached hydrogens (tertiary/aromatic N) is 2. The number of rotatable bonds is 4. The van der Waals surface area contributed by atoms with E-state index in [0.717, 1.165) is 18.5 Å². The average molecular weight is 322 g/mol. The Kier molecular flexibility index (Phi) is 4.64. The topological polar surface area (TPSA) is 60.2 Å². The summed E-state index contributed by atoms with van der Waals surface area (Å²) in [6.45, 7) is 4.94. The van der Waals surface area contributed by atoms with Gasteiger partial charge in [0, 0.05) is 5.02 Å². The third-order valence-corrected chi connectivity index (χ3v) is 3.83. The van der Waals surface area contributed by atoms with Gasteiger partial charge in [0.2, 0.25) is 11.7 Å². The van der Waals surface area contributed by atoms with Gasteiger partial charge in [-0.2, -0.15) is 4.98 Å². The Morgan fingerprint density at radius 1 is 1.36 bits per heavy atom. The lowest BCUT2D eigenvalue weighted by Gasteiger charge is -2.19. The average Bonchev–Trinajstić information content (AvgIpc) is 2.99. The summed E-state index contributed by atoms with van der Waals surface area (Å²) in [4.78, 5) is 4.53. The molecule has 1 unspecified atom stereocenters. The number of halogens is 1. The number of hydrogen-bond acceptors (Lipinski definition) is 5. The Morgan fingerprint density at radius 3 is 2.95 bits per heavy atom. The molecule has 1 aliphatic rings. The predicted molar refractivity (Wildman–Crippen MR) is 85.1 cm³/mol. The predicted octanol–water partition coefficient (Wildman–Crippen LogP) is 3.99. The van der Waals surface area contributed by atoms with Gasteiger partial charge in [-0.05, 0) is 51.4 Å². The molecule has 0 bridgehead atoms. The van der Waals surface area contributed by atoms with E-state index in [1.54, 1.807) is 6.07 Å². The van der Waals surface area contributed by atoms with Crippen molar-refractivity contribution in [2.24, 2.45) is 0 Å². The van der Waals surface area contributed by atoms with E-state index < -0.39 is 0 Å². The molecule has 0 spiro atoms. The normalized spacial score (nSPS) is 18.6. The highest BCUT2D eigenvalue weighted by Gasteiger charge is 2.22. The molecule has 0 saturated carbocycles. The van der Waals surface area contributed by atoms with Gasteiger partial charge < -0.3 is 14.6 Å². The maximum atomic E-state index is 6.10. The molecular weight excluding hydrogens is 302 g/mol. The third-order valence-electron chi connectivity index (χ3n) is 3.60. The monoisotopic (exact) mass is 321 g/mol. The van der Waals surface area contributed by atoms with Gasteiger partial charge >= 0.3 is 0 Å². The molecule has 1 atom stereocenters. The fraction of sp³-hybridized carbons (Fsp3) is 0.500. The van der Waals surface area contributed by atoms with Crippen molar-refractivity contribution in [1.29, 1.82) is 0 Å². The van der Waals surface area contributed by atoms with Crippen LogP contribution in [0.4, 0.5) is 0 Å². The van der Waals surface area contributed by atoms with Gasteiger partial charge in [0.25, 0.3) is 0 Å². The summed E-state index contributed by atoms with van der Waals surface area (Å²) in [6.07, 6.45) is 3.45. The minimum absolute atomic E-state index is 0.0614. The van der Waals surface area contributed by atoms with Crippen LogP contribution in [0.25, 0.3) is 11.4 Å². The zero-order chi connectivity index (χ0) is 15.5. The summed E-state index contributed by atoms with van der Waals surface area (Å²) in [5.41, 5.74) is 0.756. The Morgan fingerprint density at radius 2 is 2.23 bits per heavy atom. The number of ether oxygens (including phenoxy) is 1. The van der Waals surface area contributed by atoms with E-state index in [1.165, 1.54) is 12.8 Å². The summed E-state index contributed by atoms with van der Waals surface area (Å²) in [6, 6.07) is 5.59. The van der Waals surface area contributed by atoms with Crippen LogP contribution in [-0.4, -0.2) is 22.8 Å². The number of piperidine rings is 1. The molecule has 0 radical (unpaired) electrons. The molecule has 6 heteroatoms. The Labute approximate surface area is 135 Å². The van der Waals surface area contributed by atoms with Crippen LogP contribution in [0.1, 0.15) is 45.0 Å². The SMILES string of the molecule is CC(C)Oc1ccc(Cl)cc1-c1noc(C2CCCCN2)n1. The first-order chi connectivity index (χ1) is 10.6. The van der Waals surface area contributed by atoms with E-state index in [1.807, 2.05) is 26.0 Å². The van der Waals surface area contributed by atoms with Gasteiger partial charge in [0.05, 0.1) is 17.7 Å². The minimum atomic E-state index is 0.0614. The van der Waals surface area contributed by atoms with Crippen molar-refractivity contribution in [2.45, 2.75) is 45.3 Å². The molecule has 2 heterocycles. The van der Waals surface area contributed by atoms with Crippen LogP contribution in [0.3, 0.4) is 0 Å². The van der Waals surface area contributed by atoms with Crippen molar-refractivity contribution in [1.82, 2.24) is 15.5 Å². The van der Waals surface area contributed by atoms with Gasteiger partial charge in [-0.1, -0.05) is 23.2 Å². The van der Waals surface area contributed by atoms with Crippen LogP contribution in [0, 0.1) is 0 Å². The highest BCUT2D eigenvalue weighted by molar-refractivity contribution is 6.30. The van der Waals surface area contributed by atoms with Crippen molar-refractivity contribution in [3.63, 3.8) is 0 Å². The first-order valence-corrected chi connectivity index (χ1v) is 8.05. The van der Waals surface area contributed by atoms with E-state index in [-0.39, 0.29) is 12.1 Å². The summed E-state index contributed by atoms with van der Waals surface area (Å²) in [5, 5.41) is 8.13. The van der Waals surface area contributed by atoms with E-state index in [2.05, 4.69) is 15.5 Å². The van der Waals surface area contributed by atoms with Crippen molar-refractivity contribution < 1.29 is 9.26 Å². The molecule has 0 aliphatic carbocycles. The minimum Gasteiger partial charge on any atom is -0.490 e. The molecule has 1 saturated heterocycles. The standard InChI is InChI=1S/C16H20ClN3O2/c1-10(2)21-14-7-6-11(17)9-12(14)15-19-16(22-20-15)13-5-3-4-8-18-13/h6-7,9-10,13,18H,3-5,8H2,1-2H3. The molecule has 2 aromatic rings. The lowest BCUT2D eigenvalue weighted by Crippen LogP contribution is -2.26. The molecule has 1 fully saturated rings. The molecule has 1 aromatic heterocycles. The quantitative estimate of drug-likeness (QED) is 0.922. The van der Waals surface area contributed by atoms with E-state index in [0.29, 0.717) is 22.5 Å². The molecule has 1 aromatic carbocycles. The van der Waals surface area contributed by atoms with Crippen LogP contribution in [-0.2, 0) is 0 Å². The number of aromatic nitrogens is 2. The fourth-order valence-corrected chi connectivity index (χ4v) is 2.75. The Hall–Kier alpha value is -1.59. The zero-order valence-electron chi connectivity index (χ0n) is 12.8. The summed E-state index contributed by atoms with van der Waals surface area (Å²) >= 11 is 6.10. The molecule has 1 aliphatic heterocycles. The molecule has 5 nitrogen and oxygen atoms in total. The summed E-state index contributed by atoms with van der Waals surface area (Å²) < 4.78 is 11.2. The van der Waals surface area contributed by atoms with E-state index in [9.17, 15) is 0 Å². The second-order valence-corrected chi connectivity index (χ2v) is 6.20. The molecule has 3 rings (SSSR count). The Balaban J connectivity index is 1.90. The lowest BCUT2D eigenvalue weighted by molar-refractivity contribution is 0.243. The van der Waals surface area contributed by atoms with Crippen molar-refractivity contribution >= 4 is 11.6 Å². The summed E-state index contributed by atoms with van der Waals surface area (Å²) in [7, 11) is 0. The zero-order valence-corrected chi connectivity index (χ0v) is 13.6. The lowest BCUT2D eigenvalue weighted by atomic mass is 10.1. The van der Waals surface area contributed by atoms with E-state index in [4.69, 9.17) is 20.9 Å². The maximum Gasteiger partial charge on any atom is 0.244 e. The first-order valence-electron chi connectivity index (χ1n) is 7.67. The highest BCUT2D eigenvalue weighted by Crippen LogP contribution is 2.32. The highest BCUT2D eigenvalue weighted by atomic mass is 35.5. The molecule has 22 heavy (non-hydrogen) atoms. The second-order valence-electron chi connectivity index (χ2n) is 5.77. The van der Waals surface area contributed by atoms with Crippen LogP contribution < -0.4 is 10.1 Å². The van der Waals surface area contributed by atoms with Crippen LogP contribution in [0.15, 0.2) is 22.7 Å². The van der Waals surface area contributed by atoms with Gasteiger partial charge in [-0.3, -0.25) is 0 Å². The van der Waals surface area contributed by atoms with Crippen LogP contribution >= 0.6 is 11.6 Å². The van der Waals surface area contributed by atoms with E-state index >= 15 is 0 Å². The van der Waals surface area contributed by atoms with Crippen molar-refractivity contribution in [3.8, 4) is 17.1 Å². The molecule has 118 valence electrons. The van der Waals surface area contributed by atoms with Gasteiger partial charge in [-0.25, -0.2) is 0 Å². The largest absolute Gasteiger partial charge is 0.490 e. The third kappa shape index (κ3) is 3.42. The maximum absolute atomic E-state index is 6.10. The molecule has 0 amide bonds. The number of nitrogens with one attached hydrogen (secondary N) is 1. The number of hydrogen-bond donors (Lipinski definition) is 1. The fourth-order valence-electron chi connectivity index (χ4n) is 2.58. The molecular formula is C16H20ClN3O2. The second kappa shape index (κ2) is 6.67. The van der Waals surface area contributed by atoms with Crippen LogP contribution in [0.5, 0.6) is 5.75 Å². The van der Waals surface area contributed by atoms with Gasteiger partial charge in [0.15, 0.2) is 0 Å². The summed E-state index contributed by atoms with van der Waals surface area (Å²) in [5.74, 6) is 1.86. The smallest absolute Gasteiger partial charge is 0.244 e. The molecule has 1 N–H and O–H groups in total. The van der Waals surface area contributed by atoms with Gasteiger partial charge in [0.1, 0.15) is 5.75 Å².